The van der Waals surface area contributed by atoms with Gasteiger partial charge in [0.15, 0.2) is 5.96 Å². The summed E-state index contributed by atoms with van der Waals surface area (Å²) in [5, 5.41) is 6.52. The van der Waals surface area contributed by atoms with E-state index in [2.05, 4.69) is 34.4 Å². The van der Waals surface area contributed by atoms with E-state index in [0.29, 0.717) is 12.3 Å². The van der Waals surface area contributed by atoms with Gasteiger partial charge in [-0.15, -0.1) is 0 Å². The Bertz CT molecular complexity index is 517. The molecule has 23 heavy (non-hydrogen) atoms. The zero-order chi connectivity index (χ0) is 17.5. The smallest absolute Gasteiger partial charge is 0.191 e. The van der Waals surface area contributed by atoms with Gasteiger partial charge in [0.1, 0.15) is 17.7 Å². The number of guanidine groups is 1. The number of hydrogen-bond acceptors (Lipinski definition) is 3. The molecule has 0 aliphatic carbocycles. The Hall–Kier alpha value is -1.82. The highest BCUT2D eigenvalue weighted by Gasteiger charge is 2.20. The summed E-state index contributed by atoms with van der Waals surface area (Å²) in [4.78, 5) is 6.36. The summed E-state index contributed by atoms with van der Waals surface area (Å²) in [5.41, 5.74) is 0.0152. The first-order valence-corrected chi connectivity index (χ1v) is 7.79. The number of nitrogens with one attached hydrogen (secondary N) is 2. The summed E-state index contributed by atoms with van der Waals surface area (Å²) in [6.07, 6.45) is -0.114. The topological polar surface area (TPSA) is 48.9 Å². The Balaban J connectivity index is 2.42. The highest BCUT2D eigenvalue weighted by molar-refractivity contribution is 5.79. The minimum Gasteiger partial charge on any atom is -0.489 e. The maximum Gasteiger partial charge on any atom is 0.191 e. The van der Waals surface area contributed by atoms with Crippen molar-refractivity contribution in [3.8, 4) is 5.75 Å². The molecule has 1 unspecified atom stereocenters. The second kappa shape index (κ2) is 8.72. The largest absolute Gasteiger partial charge is 0.489 e. The van der Waals surface area contributed by atoms with Gasteiger partial charge in [-0.2, -0.15) is 0 Å². The Kier molecular flexibility index (Phi) is 7.29. The van der Waals surface area contributed by atoms with Crippen molar-refractivity contribution in [3.63, 3.8) is 0 Å². The monoisotopic (exact) mass is 324 g/mol. The molecule has 0 fully saturated rings. The predicted molar refractivity (Wildman–Crippen MR) is 93.6 cm³/mol. The van der Waals surface area contributed by atoms with Gasteiger partial charge in [-0.05, 0) is 47.0 Å². The SMILES string of the molecule is CN=C(NCC(C)Oc1cccc(F)c1)NCC(C)(C)N(C)C. The fourth-order valence-corrected chi connectivity index (χ4v) is 1.73. The Morgan fingerprint density at radius 1 is 1.35 bits per heavy atom. The molecule has 1 aromatic carbocycles. The number of nitrogens with zero attached hydrogens (tertiary/aromatic N) is 2. The van der Waals surface area contributed by atoms with Gasteiger partial charge < -0.3 is 20.3 Å². The lowest BCUT2D eigenvalue weighted by molar-refractivity contribution is 0.196. The van der Waals surface area contributed by atoms with Crippen LogP contribution in [-0.4, -0.2) is 56.7 Å². The van der Waals surface area contributed by atoms with Crippen molar-refractivity contribution < 1.29 is 9.13 Å². The van der Waals surface area contributed by atoms with Gasteiger partial charge in [0.25, 0.3) is 0 Å². The number of ether oxygens (including phenoxy) is 1. The van der Waals surface area contributed by atoms with Crippen molar-refractivity contribution >= 4 is 5.96 Å². The molecule has 0 aliphatic rings. The maximum absolute atomic E-state index is 13.1. The van der Waals surface area contributed by atoms with E-state index in [4.69, 9.17) is 4.74 Å². The minimum atomic E-state index is -0.300. The lowest BCUT2D eigenvalue weighted by atomic mass is 10.0. The first kappa shape index (κ1) is 19.2. The van der Waals surface area contributed by atoms with Gasteiger partial charge in [-0.1, -0.05) is 6.07 Å². The molecule has 0 spiro atoms. The van der Waals surface area contributed by atoms with Crippen LogP contribution in [0.1, 0.15) is 20.8 Å². The zero-order valence-corrected chi connectivity index (χ0v) is 15.0. The molecule has 0 aromatic heterocycles. The minimum absolute atomic E-state index is 0.0152. The van der Waals surface area contributed by atoms with E-state index < -0.39 is 0 Å². The van der Waals surface area contributed by atoms with E-state index in [1.165, 1.54) is 12.1 Å². The molecule has 0 bridgehead atoms. The van der Waals surface area contributed by atoms with Crippen molar-refractivity contribution in [3.05, 3.63) is 30.1 Å². The van der Waals surface area contributed by atoms with Crippen LogP contribution in [0, 0.1) is 5.82 Å². The molecule has 6 heteroatoms. The zero-order valence-electron chi connectivity index (χ0n) is 15.0. The summed E-state index contributed by atoms with van der Waals surface area (Å²) in [6.45, 7) is 7.57. The molecule has 0 amide bonds. The lowest BCUT2D eigenvalue weighted by Crippen LogP contribution is -2.51. The number of hydrogen-bond donors (Lipinski definition) is 2. The quantitative estimate of drug-likeness (QED) is 0.596. The molecule has 0 radical (unpaired) electrons. The van der Waals surface area contributed by atoms with Crippen LogP contribution in [0.4, 0.5) is 4.39 Å². The summed E-state index contributed by atoms with van der Waals surface area (Å²) in [6, 6.07) is 6.15. The highest BCUT2D eigenvalue weighted by Crippen LogP contribution is 2.13. The molecule has 1 aromatic rings. The van der Waals surface area contributed by atoms with Crippen LogP contribution in [-0.2, 0) is 0 Å². The molecular formula is C17H29FN4O. The van der Waals surface area contributed by atoms with Crippen LogP contribution < -0.4 is 15.4 Å². The van der Waals surface area contributed by atoms with Gasteiger partial charge >= 0.3 is 0 Å². The van der Waals surface area contributed by atoms with Crippen molar-refractivity contribution in [1.29, 1.82) is 0 Å². The summed E-state index contributed by atoms with van der Waals surface area (Å²) in [7, 11) is 5.83. The molecule has 1 rings (SSSR count). The van der Waals surface area contributed by atoms with E-state index in [1.807, 2.05) is 21.0 Å². The van der Waals surface area contributed by atoms with E-state index >= 15 is 0 Å². The number of benzene rings is 1. The number of likely N-dealkylation sites (N-methyl/N-ethyl adjacent to an activating group) is 1. The first-order chi connectivity index (χ1) is 10.7. The third-order valence-electron chi connectivity index (χ3n) is 3.81. The van der Waals surface area contributed by atoms with Crippen molar-refractivity contribution in [2.75, 3.05) is 34.2 Å². The highest BCUT2D eigenvalue weighted by atomic mass is 19.1. The Morgan fingerprint density at radius 2 is 2.04 bits per heavy atom. The van der Waals surface area contributed by atoms with Gasteiger partial charge in [0.2, 0.25) is 0 Å². The van der Waals surface area contributed by atoms with Gasteiger partial charge in [-0.25, -0.2) is 4.39 Å². The van der Waals surface area contributed by atoms with Crippen LogP contribution in [0.5, 0.6) is 5.75 Å². The molecule has 0 saturated heterocycles. The fraction of sp³-hybridized carbons (Fsp3) is 0.588. The summed E-state index contributed by atoms with van der Waals surface area (Å²) < 4.78 is 18.8. The van der Waals surface area contributed by atoms with Crippen molar-refractivity contribution in [2.45, 2.75) is 32.4 Å². The number of rotatable bonds is 7. The second-order valence-electron chi connectivity index (χ2n) is 6.40. The Morgan fingerprint density at radius 3 is 2.61 bits per heavy atom. The molecule has 5 nitrogen and oxygen atoms in total. The second-order valence-corrected chi connectivity index (χ2v) is 6.40. The standard InChI is InChI=1S/C17H29FN4O/c1-13(23-15-9-7-8-14(18)10-15)11-20-16(19-4)21-12-17(2,3)22(5)6/h7-10,13H,11-12H2,1-6H3,(H2,19,20,21). The average Bonchev–Trinajstić information content (AvgIpc) is 2.47. The molecular weight excluding hydrogens is 295 g/mol. The van der Waals surface area contributed by atoms with Crippen LogP contribution in [0.3, 0.4) is 0 Å². The molecule has 0 saturated carbocycles. The molecule has 0 aliphatic heterocycles. The summed E-state index contributed by atoms with van der Waals surface area (Å²) in [5.74, 6) is 0.941. The normalized spacial score (nSPS) is 13.8. The van der Waals surface area contributed by atoms with E-state index in [-0.39, 0.29) is 17.5 Å². The van der Waals surface area contributed by atoms with Crippen LogP contribution in [0.25, 0.3) is 0 Å². The van der Waals surface area contributed by atoms with E-state index in [0.717, 1.165) is 12.5 Å². The average molecular weight is 324 g/mol. The van der Waals surface area contributed by atoms with Gasteiger partial charge in [-0.3, -0.25) is 4.99 Å². The van der Waals surface area contributed by atoms with Crippen LogP contribution >= 0.6 is 0 Å². The molecule has 0 heterocycles. The lowest BCUT2D eigenvalue weighted by Gasteiger charge is -2.33. The Labute approximate surface area is 138 Å². The first-order valence-electron chi connectivity index (χ1n) is 7.79. The molecule has 130 valence electrons. The number of halogens is 1. The molecule has 1 atom stereocenters. The maximum atomic E-state index is 13.1. The fourth-order valence-electron chi connectivity index (χ4n) is 1.73. The van der Waals surface area contributed by atoms with Gasteiger partial charge in [0.05, 0.1) is 6.54 Å². The third-order valence-corrected chi connectivity index (χ3v) is 3.81. The molecule has 2 N–H and O–H groups in total. The van der Waals surface area contributed by atoms with Crippen LogP contribution in [0.15, 0.2) is 29.3 Å². The predicted octanol–water partition coefficient (Wildman–Crippen LogP) is 2.10. The summed E-state index contributed by atoms with van der Waals surface area (Å²) >= 11 is 0. The van der Waals surface area contributed by atoms with Crippen LogP contribution in [0.2, 0.25) is 0 Å². The third kappa shape index (κ3) is 6.86. The van der Waals surface area contributed by atoms with Crippen molar-refractivity contribution in [1.82, 2.24) is 15.5 Å². The van der Waals surface area contributed by atoms with E-state index in [1.54, 1.807) is 19.2 Å². The number of aliphatic imine (C=N–C) groups is 1. The van der Waals surface area contributed by atoms with Gasteiger partial charge in [0, 0.05) is 25.2 Å². The van der Waals surface area contributed by atoms with Crippen molar-refractivity contribution in [2.24, 2.45) is 4.99 Å². The van der Waals surface area contributed by atoms with E-state index in [9.17, 15) is 4.39 Å².